The summed E-state index contributed by atoms with van der Waals surface area (Å²) < 4.78 is 18.2. The zero-order valence-electron chi connectivity index (χ0n) is 13.3. The molecule has 1 heterocycles. The van der Waals surface area contributed by atoms with Crippen LogP contribution < -0.4 is 5.32 Å². The number of ether oxygens (including phenoxy) is 1. The average Bonchev–Trinajstić information content (AvgIpc) is 2.53. The summed E-state index contributed by atoms with van der Waals surface area (Å²) in [5, 5.41) is 12.4. The van der Waals surface area contributed by atoms with Crippen LogP contribution in [0.1, 0.15) is 16.8 Å². The molecule has 0 saturated carbocycles. The van der Waals surface area contributed by atoms with E-state index in [4.69, 9.17) is 4.74 Å². The number of carbonyl (C=O) groups is 1. The first-order chi connectivity index (χ1) is 11.5. The Balaban J connectivity index is 2.08. The number of hydrogen-bond acceptors (Lipinski definition) is 5. The Bertz CT molecular complexity index is 790. The highest BCUT2D eigenvalue weighted by Gasteiger charge is 2.14. The third-order valence-electron chi connectivity index (χ3n) is 3.06. The van der Waals surface area contributed by atoms with Crippen LogP contribution in [0, 0.1) is 24.1 Å². The van der Waals surface area contributed by atoms with E-state index in [-0.39, 0.29) is 11.7 Å². The summed E-state index contributed by atoms with van der Waals surface area (Å²) in [5.74, 6) is -0.656. The molecule has 24 heavy (non-hydrogen) atoms. The van der Waals surface area contributed by atoms with Gasteiger partial charge in [-0.1, -0.05) is 17.8 Å². The summed E-state index contributed by atoms with van der Waals surface area (Å²) in [4.78, 5) is 16.3. The topological polar surface area (TPSA) is 75.0 Å². The number of rotatable bonds is 6. The van der Waals surface area contributed by atoms with Crippen molar-refractivity contribution in [2.24, 2.45) is 0 Å². The number of methoxy groups -OCH3 is 1. The fourth-order valence-electron chi connectivity index (χ4n) is 2.10. The predicted molar refractivity (Wildman–Crippen MR) is 90.2 cm³/mol. The summed E-state index contributed by atoms with van der Waals surface area (Å²) in [6.07, 6.45) is 0. The molecule has 1 aromatic heterocycles. The molecule has 7 heteroatoms. The number of halogens is 1. The number of pyridine rings is 1. The Hall–Kier alpha value is -2.43. The number of thioether (sulfide) groups is 1. The lowest BCUT2D eigenvalue weighted by molar-refractivity contribution is -0.113. The van der Waals surface area contributed by atoms with Crippen LogP contribution in [0.25, 0.3) is 0 Å². The van der Waals surface area contributed by atoms with Gasteiger partial charge < -0.3 is 10.1 Å². The largest absolute Gasteiger partial charge is 0.380 e. The Labute approximate surface area is 143 Å². The molecule has 1 aromatic carbocycles. The minimum absolute atomic E-state index is 0.0636. The maximum atomic E-state index is 13.1. The van der Waals surface area contributed by atoms with E-state index >= 15 is 0 Å². The summed E-state index contributed by atoms with van der Waals surface area (Å²) >= 11 is 1.16. The Morgan fingerprint density at radius 1 is 1.46 bits per heavy atom. The third kappa shape index (κ3) is 4.78. The van der Waals surface area contributed by atoms with Gasteiger partial charge in [0.2, 0.25) is 5.91 Å². The van der Waals surface area contributed by atoms with Gasteiger partial charge in [-0.05, 0) is 36.8 Å². The molecular weight excluding hydrogens is 329 g/mol. The number of nitrogens with one attached hydrogen (secondary N) is 1. The molecule has 0 atom stereocenters. The van der Waals surface area contributed by atoms with E-state index in [0.29, 0.717) is 22.9 Å². The SMILES string of the molecule is COCc1cc(C)nc(SCC(=O)Nc2cccc(F)c2)c1C#N. The molecule has 0 saturated heterocycles. The quantitative estimate of drug-likeness (QED) is 0.813. The van der Waals surface area contributed by atoms with Crippen LogP contribution in [0.15, 0.2) is 35.4 Å². The Morgan fingerprint density at radius 3 is 2.92 bits per heavy atom. The summed E-state index contributed by atoms with van der Waals surface area (Å²) in [6.45, 7) is 2.12. The lowest BCUT2D eigenvalue weighted by Crippen LogP contribution is -2.14. The van der Waals surface area contributed by atoms with Gasteiger partial charge in [-0.25, -0.2) is 9.37 Å². The second kappa shape index (κ2) is 8.43. The molecule has 1 amide bonds. The number of anilines is 1. The normalized spacial score (nSPS) is 10.2. The molecule has 5 nitrogen and oxygen atoms in total. The standard InChI is InChI=1S/C17H16FN3O2S/c1-11-6-12(9-23-2)15(8-19)17(20-11)24-10-16(22)21-14-5-3-4-13(18)7-14/h3-7H,9-10H2,1-2H3,(H,21,22). The van der Waals surface area contributed by atoms with Gasteiger partial charge >= 0.3 is 0 Å². The summed E-state index contributed by atoms with van der Waals surface area (Å²) in [5.41, 5.74) is 2.28. The highest BCUT2D eigenvalue weighted by atomic mass is 32.2. The molecule has 0 spiro atoms. The first-order valence-corrected chi connectivity index (χ1v) is 8.10. The fourth-order valence-corrected chi connectivity index (χ4v) is 2.97. The molecule has 124 valence electrons. The average molecular weight is 345 g/mol. The third-order valence-corrected chi connectivity index (χ3v) is 4.03. The van der Waals surface area contributed by atoms with Crippen molar-refractivity contribution in [1.29, 1.82) is 5.26 Å². The number of benzene rings is 1. The zero-order chi connectivity index (χ0) is 17.5. The molecule has 2 rings (SSSR count). The van der Waals surface area contributed by atoms with Crippen molar-refractivity contribution in [1.82, 2.24) is 4.98 Å². The van der Waals surface area contributed by atoms with Crippen LogP contribution in [-0.2, 0) is 16.1 Å². The number of aromatic nitrogens is 1. The molecule has 0 bridgehead atoms. The van der Waals surface area contributed by atoms with Crippen LogP contribution in [-0.4, -0.2) is 23.8 Å². The molecule has 0 radical (unpaired) electrons. The maximum absolute atomic E-state index is 13.1. The molecule has 0 unspecified atom stereocenters. The van der Waals surface area contributed by atoms with Gasteiger partial charge in [-0.2, -0.15) is 5.26 Å². The van der Waals surface area contributed by atoms with Crippen molar-refractivity contribution < 1.29 is 13.9 Å². The predicted octanol–water partition coefficient (Wildman–Crippen LogP) is 3.28. The van der Waals surface area contributed by atoms with Gasteiger partial charge in [-0.3, -0.25) is 4.79 Å². The van der Waals surface area contributed by atoms with Crippen molar-refractivity contribution in [3.05, 3.63) is 53.0 Å². The minimum Gasteiger partial charge on any atom is -0.380 e. The van der Waals surface area contributed by atoms with Gasteiger partial charge in [0.15, 0.2) is 0 Å². The number of amides is 1. The maximum Gasteiger partial charge on any atom is 0.234 e. The van der Waals surface area contributed by atoms with E-state index in [9.17, 15) is 14.4 Å². The smallest absolute Gasteiger partial charge is 0.234 e. The van der Waals surface area contributed by atoms with E-state index < -0.39 is 5.82 Å². The minimum atomic E-state index is -0.420. The molecule has 2 aromatic rings. The molecule has 0 aliphatic carbocycles. The van der Waals surface area contributed by atoms with E-state index in [0.717, 1.165) is 23.0 Å². The molecule has 0 aliphatic rings. The van der Waals surface area contributed by atoms with Crippen molar-refractivity contribution in [2.75, 3.05) is 18.2 Å². The van der Waals surface area contributed by atoms with Crippen molar-refractivity contribution in [3.63, 3.8) is 0 Å². The van der Waals surface area contributed by atoms with E-state index in [1.165, 1.54) is 18.2 Å². The van der Waals surface area contributed by atoms with Crippen LogP contribution in [0.5, 0.6) is 0 Å². The summed E-state index contributed by atoms with van der Waals surface area (Å²) in [6, 6.07) is 9.57. The molecule has 1 N–H and O–H groups in total. The van der Waals surface area contributed by atoms with Crippen LogP contribution in [0.3, 0.4) is 0 Å². The van der Waals surface area contributed by atoms with E-state index in [1.807, 2.05) is 6.92 Å². The lowest BCUT2D eigenvalue weighted by Gasteiger charge is -2.10. The van der Waals surface area contributed by atoms with Crippen molar-refractivity contribution in [3.8, 4) is 6.07 Å². The van der Waals surface area contributed by atoms with Gasteiger partial charge in [0.25, 0.3) is 0 Å². The van der Waals surface area contributed by atoms with Crippen molar-refractivity contribution >= 4 is 23.4 Å². The first kappa shape index (κ1) is 17.9. The van der Waals surface area contributed by atoms with Crippen LogP contribution >= 0.6 is 11.8 Å². The second-order valence-corrected chi connectivity index (χ2v) is 5.96. The van der Waals surface area contributed by atoms with Crippen LogP contribution in [0.2, 0.25) is 0 Å². The monoisotopic (exact) mass is 345 g/mol. The number of nitrogens with zero attached hydrogens (tertiary/aromatic N) is 2. The van der Waals surface area contributed by atoms with Gasteiger partial charge in [0.05, 0.1) is 17.9 Å². The second-order valence-electron chi connectivity index (χ2n) is 4.99. The Kier molecular flexibility index (Phi) is 6.29. The first-order valence-electron chi connectivity index (χ1n) is 7.11. The number of aryl methyl sites for hydroxylation is 1. The lowest BCUT2D eigenvalue weighted by atomic mass is 10.1. The molecule has 0 aliphatic heterocycles. The number of hydrogen-bond donors (Lipinski definition) is 1. The number of nitriles is 1. The van der Waals surface area contributed by atoms with Gasteiger partial charge in [-0.15, -0.1) is 0 Å². The molecular formula is C17H16FN3O2S. The zero-order valence-corrected chi connectivity index (χ0v) is 14.1. The van der Waals surface area contributed by atoms with E-state index in [1.54, 1.807) is 19.2 Å². The van der Waals surface area contributed by atoms with Gasteiger partial charge in [0, 0.05) is 18.5 Å². The molecule has 0 fully saturated rings. The van der Waals surface area contributed by atoms with E-state index in [2.05, 4.69) is 16.4 Å². The van der Waals surface area contributed by atoms with Gasteiger partial charge in [0.1, 0.15) is 16.9 Å². The fraction of sp³-hybridized carbons (Fsp3) is 0.235. The highest BCUT2D eigenvalue weighted by Crippen LogP contribution is 2.24. The Morgan fingerprint density at radius 2 is 2.25 bits per heavy atom. The summed E-state index contributed by atoms with van der Waals surface area (Å²) in [7, 11) is 1.55. The number of carbonyl (C=O) groups excluding carboxylic acids is 1. The van der Waals surface area contributed by atoms with Crippen molar-refractivity contribution in [2.45, 2.75) is 18.6 Å². The highest BCUT2D eigenvalue weighted by molar-refractivity contribution is 8.00. The van der Waals surface area contributed by atoms with Crippen LogP contribution in [0.4, 0.5) is 10.1 Å².